The maximum Gasteiger partial charge on any atom is 0.261 e. The van der Waals surface area contributed by atoms with E-state index < -0.39 is 0 Å². The zero-order chi connectivity index (χ0) is 24.9. The largest absolute Gasteiger partial charge is 0.484 e. The van der Waals surface area contributed by atoms with Gasteiger partial charge in [-0.3, -0.25) is 9.59 Å². The summed E-state index contributed by atoms with van der Waals surface area (Å²) < 4.78 is 5.68. The number of carbonyl (C=O) groups is 2. The molecule has 0 bridgehead atoms. The Morgan fingerprint density at radius 3 is 2.63 bits per heavy atom. The van der Waals surface area contributed by atoms with Crippen LogP contribution in [0.1, 0.15) is 42.3 Å². The molecule has 2 unspecified atom stereocenters. The van der Waals surface area contributed by atoms with Crippen molar-refractivity contribution in [2.75, 3.05) is 19.7 Å². The smallest absolute Gasteiger partial charge is 0.261 e. The number of amides is 2. The molecule has 35 heavy (non-hydrogen) atoms. The van der Waals surface area contributed by atoms with Crippen molar-refractivity contribution in [3.63, 3.8) is 0 Å². The summed E-state index contributed by atoms with van der Waals surface area (Å²) in [6.45, 7) is 4.37. The molecule has 1 aromatic heterocycles. The molecule has 4 rings (SSSR count). The Hall–Kier alpha value is -2.54. The summed E-state index contributed by atoms with van der Waals surface area (Å²) in [6, 6.07) is 16.2. The van der Waals surface area contributed by atoms with Crippen LogP contribution < -0.4 is 4.74 Å². The number of thiophene rings is 1. The number of fused-ring (bicyclic) bond motifs is 1. The standard InChI is InChI=1S/C27H28Cl2N2O3S/c1-3-18(2)31(26(33)17-34-20-7-5-4-6-8-20)16-25(32)30-13-11-24-22(12-14-35-24)27(30)21-10-9-19(28)15-23(21)29/h4-10,12,14-15,18,27H,3,11,13,16-17H2,1-2H3. The van der Waals surface area contributed by atoms with Gasteiger partial charge in [0.15, 0.2) is 6.61 Å². The molecule has 0 fully saturated rings. The van der Waals surface area contributed by atoms with Crippen molar-refractivity contribution in [1.29, 1.82) is 0 Å². The molecular formula is C27H28Cl2N2O3S. The Labute approximate surface area is 220 Å². The first kappa shape index (κ1) is 25.5. The second-order valence-corrected chi connectivity index (χ2v) is 10.4. The average molecular weight is 532 g/mol. The third-order valence-corrected chi connectivity index (χ3v) is 7.96. The number of hydrogen-bond donors (Lipinski definition) is 0. The van der Waals surface area contributed by atoms with Crippen LogP contribution in [0.4, 0.5) is 0 Å². The summed E-state index contributed by atoms with van der Waals surface area (Å²) in [6.07, 6.45) is 1.50. The molecule has 1 aliphatic heterocycles. The van der Waals surface area contributed by atoms with Crippen LogP contribution in [-0.4, -0.2) is 47.4 Å². The van der Waals surface area contributed by atoms with E-state index >= 15 is 0 Å². The Bertz CT molecular complexity index is 1180. The molecular weight excluding hydrogens is 503 g/mol. The highest BCUT2D eigenvalue weighted by Crippen LogP contribution is 2.41. The van der Waals surface area contributed by atoms with E-state index in [4.69, 9.17) is 27.9 Å². The van der Waals surface area contributed by atoms with Crippen LogP contribution in [0.5, 0.6) is 5.75 Å². The Morgan fingerprint density at radius 1 is 1.14 bits per heavy atom. The minimum Gasteiger partial charge on any atom is -0.484 e. The van der Waals surface area contributed by atoms with Crippen molar-refractivity contribution in [2.45, 2.75) is 38.8 Å². The van der Waals surface area contributed by atoms with Crippen LogP contribution in [-0.2, 0) is 16.0 Å². The molecule has 8 heteroatoms. The molecule has 3 aromatic rings. The fourth-order valence-electron chi connectivity index (χ4n) is 4.34. The van der Waals surface area contributed by atoms with Crippen LogP contribution in [0, 0.1) is 0 Å². The third-order valence-electron chi connectivity index (χ3n) is 6.40. The van der Waals surface area contributed by atoms with Gasteiger partial charge in [-0.25, -0.2) is 0 Å². The quantitative estimate of drug-likeness (QED) is 0.346. The van der Waals surface area contributed by atoms with Gasteiger partial charge in [-0.1, -0.05) is 54.4 Å². The molecule has 0 saturated carbocycles. The molecule has 0 saturated heterocycles. The Kier molecular flexibility index (Phi) is 8.37. The van der Waals surface area contributed by atoms with Crippen LogP contribution in [0.3, 0.4) is 0 Å². The van der Waals surface area contributed by atoms with Gasteiger partial charge in [0, 0.05) is 27.5 Å². The first-order chi connectivity index (χ1) is 16.9. The molecule has 184 valence electrons. The van der Waals surface area contributed by atoms with Crippen LogP contribution >= 0.6 is 34.5 Å². The second kappa shape index (κ2) is 11.5. The molecule has 0 aliphatic carbocycles. The van der Waals surface area contributed by atoms with E-state index in [1.807, 2.05) is 48.4 Å². The van der Waals surface area contributed by atoms with Crippen LogP contribution in [0.2, 0.25) is 10.0 Å². The molecule has 0 spiro atoms. The molecule has 2 heterocycles. The van der Waals surface area contributed by atoms with E-state index in [9.17, 15) is 9.59 Å². The predicted octanol–water partition coefficient (Wildman–Crippen LogP) is 6.24. The van der Waals surface area contributed by atoms with Crippen molar-refractivity contribution in [1.82, 2.24) is 9.80 Å². The molecule has 1 aliphatic rings. The number of hydrogen-bond acceptors (Lipinski definition) is 4. The summed E-state index contributed by atoms with van der Waals surface area (Å²) in [5.41, 5.74) is 1.91. The maximum absolute atomic E-state index is 13.7. The lowest BCUT2D eigenvalue weighted by atomic mass is 9.93. The monoisotopic (exact) mass is 530 g/mol. The Balaban J connectivity index is 1.56. The van der Waals surface area contributed by atoms with Gasteiger partial charge < -0.3 is 14.5 Å². The van der Waals surface area contributed by atoms with E-state index in [2.05, 4.69) is 6.07 Å². The Morgan fingerprint density at radius 2 is 1.91 bits per heavy atom. The lowest BCUT2D eigenvalue weighted by Gasteiger charge is -2.38. The van der Waals surface area contributed by atoms with E-state index in [0.717, 1.165) is 24.0 Å². The highest BCUT2D eigenvalue weighted by Gasteiger charge is 2.35. The van der Waals surface area contributed by atoms with Gasteiger partial charge in [0.2, 0.25) is 5.91 Å². The minimum absolute atomic E-state index is 0.0207. The third kappa shape index (κ3) is 5.83. The zero-order valence-corrected chi connectivity index (χ0v) is 22.1. The number of nitrogens with zero attached hydrogens (tertiary/aromatic N) is 2. The number of halogens is 2. The summed E-state index contributed by atoms with van der Waals surface area (Å²) in [7, 11) is 0. The molecule has 5 nitrogen and oxygen atoms in total. The number of rotatable bonds is 8. The molecule has 0 N–H and O–H groups in total. The van der Waals surface area contributed by atoms with E-state index in [0.29, 0.717) is 22.3 Å². The van der Waals surface area contributed by atoms with Crippen molar-refractivity contribution in [2.24, 2.45) is 0 Å². The predicted molar refractivity (Wildman–Crippen MR) is 141 cm³/mol. The molecule has 0 radical (unpaired) electrons. The SMILES string of the molecule is CCC(C)N(CC(=O)N1CCc2sccc2C1c1ccc(Cl)cc1Cl)C(=O)COc1ccccc1. The molecule has 2 aromatic carbocycles. The average Bonchev–Trinajstić information content (AvgIpc) is 3.34. The van der Waals surface area contributed by atoms with Crippen molar-refractivity contribution >= 4 is 46.4 Å². The number of para-hydroxylation sites is 1. The number of benzene rings is 2. The highest BCUT2D eigenvalue weighted by molar-refractivity contribution is 7.10. The van der Waals surface area contributed by atoms with E-state index in [1.165, 1.54) is 4.88 Å². The van der Waals surface area contributed by atoms with Crippen molar-refractivity contribution < 1.29 is 14.3 Å². The fraction of sp³-hybridized carbons (Fsp3) is 0.333. The summed E-state index contributed by atoms with van der Waals surface area (Å²) in [5, 5.41) is 3.11. The number of carbonyl (C=O) groups excluding carboxylic acids is 2. The van der Waals surface area contributed by atoms with Crippen LogP contribution in [0.25, 0.3) is 0 Å². The van der Waals surface area contributed by atoms with Gasteiger partial charge in [0.1, 0.15) is 12.3 Å². The zero-order valence-electron chi connectivity index (χ0n) is 19.7. The van der Waals surface area contributed by atoms with Gasteiger partial charge in [0.05, 0.1) is 6.04 Å². The summed E-state index contributed by atoms with van der Waals surface area (Å²) in [5.74, 6) is 0.284. The van der Waals surface area contributed by atoms with E-state index in [1.54, 1.807) is 40.5 Å². The summed E-state index contributed by atoms with van der Waals surface area (Å²) >= 11 is 14.4. The van der Waals surface area contributed by atoms with E-state index in [-0.39, 0.29) is 37.0 Å². The maximum atomic E-state index is 13.7. The molecule has 2 atom stereocenters. The van der Waals surface area contributed by atoms with Crippen LogP contribution in [0.15, 0.2) is 60.0 Å². The van der Waals surface area contributed by atoms with Crippen molar-refractivity contribution in [3.8, 4) is 5.75 Å². The first-order valence-corrected chi connectivity index (χ1v) is 13.3. The van der Waals surface area contributed by atoms with Gasteiger partial charge in [-0.15, -0.1) is 11.3 Å². The summed E-state index contributed by atoms with van der Waals surface area (Å²) in [4.78, 5) is 31.6. The van der Waals surface area contributed by atoms with Gasteiger partial charge >= 0.3 is 0 Å². The van der Waals surface area contributed by atoms with Gasteiger partial charge in [0.25, 0.3) is 5.91 Å². The minimum atomic E-state index is -0.322. The second-order valence-electron chi connectivity index (χ2n) is 8.59. The highest BCUT2D eigenvalue weighted by atomic mass is 35.5. The normalized spacial score (nSPS) is 15.9. The lowest BCUT2D eigenvalue weighted by Crippen LogP contribution is -2.50. The fourth-order valence-corrected chi connectivity index (χ4v) is 5.75. The topological polar surface area (TPSA) is 49.9 Å². The van der Waals surface area contributed by atoms with Crippen molar-refractivity contribution in [3.05, 3.63) is 86.0 Å². The lowest BCUT2D eigenvalue weighted by molar-refractivity contribution is -0.144. The first-order valence-electron chi connectivity index (χ1n) is 11.7. The number of ether oxygens (including phenoxy) is 1. The molecule has 2 amide bonds. The van der Waals surface area contributed by atoms with Gasteiger partial charge in [-0.2, -0.15) is 0 Å². The van der Waals surface area contributed by atoms with Gasteiger partial charge in [-0.05, 0) is 66.6 Å².